The molecule has 0 heterocycles. The van der Waals surface area contributed by atoms with E-state index in [1.807, 2.05) is 0 Å². The van der Waals surface area contributed by atoms with Crippen LogP contribution in [0.3, 0.4) is 0 Å². The van der Waals surface area contributed by atoms with Gasteiger partial charge in [0.1, 0.15) is 6.61 Å². The van der Waals surface area contributed by atoms with Crippen molar-refractivity contribution in [2.45, 2.75) is 0 Å². The van der Waals surface area contributed by atoms with Gasteiger partial charge in [0.2, 0.25) is 0 Å². The standard InChI is InChI=1S/C16H11Cl2NO2/c17-13-5-7-14(8-6-13)19-16(21)12-4-3-11(2-1-9-20)15(18)10-12/h3-8,10,20H,9H2,(H,19,21). The monoisotopic (exact) mass is 319 g/mol. The van der Waals surface area contributed by atoms with Gasteiger partial charge in [0, 0.05) is 21.8 Å². The fourth-order valence-electron chi connectivity index (χ4n) is 1.63. The Bertz CT molecular complexity index is 715. The summed E-state index contributed by atoms with van der Waals surface area (Å²) >= 11 is 11.8. The summed E-state index contributed by atoms with van der Waals surface area (Å²) in [5.74, 6) is 4.94. The third kappa shape index (κ3) is 4.24. The second kappa shape index (κ2) is 7.14. The van der Waals surface area contributed by atoms with Crippen molar-refractivity contribution in [1.82, 2.24) is 0 Å². The van der Waals surface area contributed by atoms with E-state index in [-0.39, 0.29) is 12.5 Å². The Hall–Kier alpha value is -1.99. The van der Waals surface area contributed by atoms with Gasteiger partial charge in [-0.1, -0.05) is 35.0 Å². The molecule has 2 N–H and O–H groups in total. The van der Waals surface area contributed by atoms with E-state index in [1.54, 1.807) is 36.4 Å². The summed E-state index contributed by atoms with van der Waals surface area (Å²) in [6.45, 7) is -0.241. The molecule has 0 bridgehead atoms. The first kappa shape index (κ1) is 15.4. The predicted molar refractivity (Wildman–Crippen MR) is 84.8 cm³/mol. The van der Waals surface area contributed by atoms with E-state index in [4.69, 9.17) is 28.3 Å². The summed E-state index contributed by atoms with van der Waals surface area (Å²) in [6.07, 6.45) is 0. The van der Waals surface area contributed by atoms with Gasteiger partial charge in [-0.25, -0.2) is 0 Å². The van der Waals surface area contributed by atoms with Crippen LogP contribution in [0.15, 0.2) is 42.5 Å². The second-order valence-electron chi connectivity index (χ2n) is 4.12. The Morgan fingerprint density at radius 2 is 1.86 bits per heavy atom. The summed E-state index contributed by atoms with van der Waals surface area (Å²) in [7, 11) is 0. The van der Waals surface area contributed by atoms with E-state index in [2.05, 4.69) is 17.2 Å². The Balaban J connectivity index is 2.16. The summed E-state index contributed by atoms with van der Waals surface area (Å²) in [5, 5.41) is 12.4. The van der Waals surface area contributed by atoms with Gasteiger partial charge in [-0.15, -0.1) is 0 Å². The molecule has 0 atom stereocenters. The molecule has 0 saturated carbocycles. The van der Waals surface area contributed by atoms with Crippen molar-refractivity contribution in [2.24, 2.45) is 0 Å². The van der Waals surface area contributed by atoms with E-state index in [1.165, 1.54) is 6.07 Å². The van der Waals surface area contributed by atoms with Crippen LogP contribution in [0.25, 0.3) is 0 Å². The fraction of sp³-hybridized carbons (Fsp3) is 0.0625. The van der Waals surface area contributed by atoms with Crippen LogP contribution >= 0.6 is 23.2 Å². The van der Waals surface area contributed by atoms with E-state index in [9.17, 15) is 4.79 Å². The Morgan fingerprint density at radius 1 is 1.14 bits per heavy atom. The number of anilines is 1. The number of hydrogen-bond donors (Lipinski definition) is 2. The molecule has 2 aromatic rings. The fourth-order valence-corrected chi connectivity index (χ4v) is 1.98. The Morgan fingerprint density at radius 3 is 2.48 bits per heavy atom. The zero-order valence-electron chi connectivity index (χ0n) is 10.9. The van der Waals surface area contributed by atoms with Gasteiger partial charge in [0.25, 0.3) is 5.91 Å². The first-order valence-corrected chi connectivity index (χ1v) is 6.82. The largest absolute Gasteiger partial charge is 0.384 e. The van der Waals surface area contributed by atoms with Crippen LogP contribution in [-0.2, 0) is 0 Å². The molecule has 3 nitrogen and oxygen atoms in total. The summed E-state index contributed by atoms with van der Waals surface area (Å²) in [5.41, 5.74) is 1.63. The number of halogens is 2. The highest BCUT2D eigenvalue weighted by Gasteiger charge is 2.08. The molecular formula is C16H11Cl2NO2. The quantitative estimate of drug-likeness (QED) is 0.831. The van der Waals surface area contributed by atoms with Gasteiger partial charge >= 0.3 is 0 Å². The van der Waals surface area contributed by atoms with Gasteiger partial charge in [0.05, 0.1) is 5.02 Å². The molecule has 21 heavy (non-hydrogen) atoms. The van der Waals surface area contributed by atoms with Gasteiger partial charge in [-0.2, -0.15) is 0 Å². The summed E-state index contributed by atoms with van der Waals surface area (Å²) in [4.78, 5) is 12.1. The minimum atomic E-state index is -0.277. The lowest BCUT2D eigenvalue weighted by Crippen LogP contribution is -2.11. The van der Waals surface area contributed by atoms with Crippen molar-refractivity contribution in [1.29, 1.82) is 0 Å². The van der Waals surface area contributed by atoms with Crippen LogP contribution in [0.5, 0.6) is 0 Å². The average molecular weight is 320 g/mol. The van der Waals surface area contributed by atoms with Crippen LogP contribution < -0.4 is 5.32 Å². The van der Waals surface area contributed by atoms with Gasteiger partial charge < -0.3 is 10.4 Å². The molecule has 0 fully saturated rings. The number of amides is 1. The lowest BCUT2D eigenvalue weighted by Gasteiger charge is -2.06. The number of benzene rings is 2. The zero-order valence-corrected chi connectivity index (χ0v) is 12.4. The normalized spacial score (nSPS) is 9.67. The van der Waals surface area contributed by atoms with E-state index >= 15 is 0 Å². The maximum Gasteiger partial charge on any atom is 0.255 e. The van der Waals surface area contributed by atoms with Crippen molar-refractivity contribution in [3.8, 4) is 11.8 Å². The average Bonchev–Trinajstić information content (AvgIpc) is 2.48. The molecule has 0 spiro atoms. The zero-order chi connectivity index (χ0) is 15.2. The minimum Gasteiger partial charge on any atom is -0.384 e. The van der Waals surface area contributed by atoms with Crippen LogP contribution in [0.2, 0.25) is 10.0 Å². The molecule has 0 unspecified atom stereocenters. The summed E-state index contributed by atoms with van der Waals surface area (Å²) < 4.78 is 0. The third-order valence-corrected chi connectivity index (χ3v) is 3.20. The lowest BCUT2D eigenvalue weighted by molar-refractivity contribution is 0.102. The molecule has 0 aliphatic heterocycles. The molecule has 106 valence electrons. The number of carbonyl (C=O) groups is 1. The number of rotatable bonds is 2. The second-order valence-corrected chi connectivity index (χ2v) is 4.96. The number of carbonyl (C=O) groups excluding carboxylic acids is 1. The number of nitrogens with one attached hydrogen (secondary N) is 1. The van der Waals surface area contributed by atoms with E-state index in [0.717, 1.165) is 0 Å². The van der Waals surface area contributed by atoms with E-state index < -0.39 is 0 Å². The van der Waals surface area contributed by atoms with Crippen LogP contribution in [0.1, 0.15) is 15.9 Å². The van der Waals surface area contributed by atoms with Crippen molar-refractivity contribution in [2.75, 3.05) is 11.9 Å². The highest BCUT2D eigenvalue weighted by Crippen LogP contribution is 2.19. The Kier molecular flexibility index (Phi) is 5.24. The van der Waals surface area contributed by atoms with Gasteiger partial charge in [-0.05, 0) is 42.5 Å². The van der Waals surface area contributed by atoms with Crippen LogP contribution in [-0.4, -0.2) is 17.6 Å². The highest BCUT2D eigenvalue weighted by atomic mass is 35.5. The van der Waals surface area contributed by atoms with Crippen molar-refractivity contribution in [3.05, 3.63) is 63.6 Å². The highest BCUT2D eigenvalue weighted by molar-refractivity contribution is 6.32. The molecule has 0 radical (unpaired) electrons. The Labute approximate surface area is 132 Å². The van der Waals surface area contributed by atoms with Crippen molar-refractivity contribution in [3.63, 3.8) is 0 Å². The van der Waals surface area contributed by atoms with E-state index in [0.29, 0.717) is 26.9 Å². The molecule has 2 aromatic carbocycles. The molecule has 2 rings (SSSR count). The van der Waals surface area contributed by atoms with Gasteiger partial charge in [-0.3, -0.25) is 4.79 Å². The first-order valence-electron chi connectivity index (χ1n) is 6.06. The number of aliphatic hydroxyl groups excluding tert-OH is 1. The van der Waals surface area contributed by atoms with Crippen molar-refractivity contribution >= 4 is 34.8 Å². The lowest BCUT2D eigenvalue weighted by atomic mass is 10.1. The van der Waals surface area contributed by atoms with Crippen LogP contribution in [0.4, 0.5) is 5.69 Å². The molecule has 0 aliphatic rings. The molecule has 1 amide bonds. The molecule has 5 heteroatoms. The maximum atomic E-state index is 12.1. The van der Waals surface area contributed by atoms with Crippen LogP contribution in [0, 0.1) is 11.8 Å². The minimum absolute atomic E-state index is 0.241. The number of aliphatic hydroxyl groups is 1. The number of hydrogen-bond acceptors (Lipinski definition) is 2. The first-order chi connectivity index (χ1) is 10.1. The predicted octanol–water partition coefficient (Wildman–Crippen LogP) is 3.59. The third-order valence-electron chi connectivity index (χ3n) is 2.64. The smallest absolute Gasteiger partial charge is 0.255 e. The summed E-state index contributed by atoms with van der Waals surface area (Å²) in [6, 6.07) is 11.6. The van der Waals surface area contributed by atoms with Crippen molar-refractivity contribution < 1.29 is 9.90 Å². The topological polar surface area (TPSA) is 49.3 Å². The molecule has 0 aromatic heterocycles. The van der Waals surface area contributed by atoms with Gasteiger partial charge in [0.15, 0.2) is 0 Å². The SMILES string of the molecule is O=C(Nc1ccc(Cl)cc1)c1ccc(C#CCO)c(Cl)c1. The molecule has 0 saturated heterocycles. The molecular weight excluding hydrogens is 309 g/mol. The molecule has 0 aliphatic carbocycles. The maximum absolute atomic E-state index is 12.1.